The molecule has 2 aliphatic carbocycles. The SMILES string of the molecule is CC(C)C[C@H]1C(=O)N(C)C2(CC2)C(=O)N[C@H](Cc2ccccc2)COc2cnc3ccccc3c2C(=O)N[C@H](C(=O)NCCc2nc(CC3CC3)no2)CC(=O)N1C. The minimum Gasteiger partial charge on any atom is -0.489 e. The molecule has 2 aromatic carbocycles. The van der Waals surface area contributed by atoms with Crippen molar-refractivity contribution in [3.8, 4) is 5.75 Å². The Morgan fingerprint density at radius 2 is 1.72 bits per heavy atom. The Morgan fingerprint density at radius 3 is 2.45 bits per heavy atom. The fourth-order valence-electron chi connectivity index (χ4n) is 7.57. The lowest BCUT2D eigenvalue weighted by Crippen LogP contribution is -2.58. The summed E-state index contributed by atoms with van der Waals surface area (Å²) in [5.41, 5.74) is 0.492. The number of fused-ring (bicyclic) bond motifs is 3. The average Bonchev–Trinajstić information content (AvgIpc) is 4.15. The van der Waals surface area contributed by atoms with Crippen LogP contribution in [0.2, 0.25) is 0 Å². The van der Waals surface area contributed by atoms with Crippen LogP contribution in [0.25, 0.3) is 10.9 Å². The maximum Gasteiger partial charge on any atom is 0.256 e. The van der Waals surface area contributed by atoms with Crippen molar-refractivity contribution < 1.29 is 33.2 Å². The molecule has 0 bridgehead atoms. The van der Waals surface area contributed by atoms with Gasteiger partial charge >= 0.3 is 0 Å². The minimum absolute atomic E-state index is 0.00905. The van der Waals surface area contributed by atoms with Crippen LogP contribution in [0, 0.1) is 11.8 Å². The Hall–Kier alpha value is -5.86. The number of amides is 5. The molecule has 3 heterocycles. The summed E-state index contributed by atoms with van der Waals surface area (Å²) in [5.74, 6) is -0.761. The first-order valence-corrected chi connectivity index (χ1v) is 20.2. The fourth-order valence-corrected chi connectivity index (χ4v) is 7.57. The number of para-hydroxylation sites is 1. The van der Waals surface area contributed by atoms with Crippen molar-refractivity contribution in [2.45, 2.75) is 95.3 Å². The van der Waals surface area contributed by atoms with Crippen molar-refractivity contribution in [1.29, 1.82) is 0 Å². The highest BCUT2D eigenvalue weighted by Crippen LogP contribution is 2.42. The lowest BCUT2D eigenvalue weighted by Gasteiger charge is -2.36. The highest BCUT2D eigenvalue weighted by atomic mass is 16.5. The van der Waals surface area contributed by atoms with Gasteiger partial charge in [-0.2, -0.15) is 4.98 Å². The first-order valence-electron chi connectivity index (χ1n) is 20.2. The third-order valence-corrected chi connectivity index (χ3v) is 11.3. The molecule has 58 heavy (non-hydrogen) atoms. The number of carbonyl (C=O) groups is 5. The lowest BCUT2D eigenvalue weighted by atomic mass is 9.99. The van der Waals surface area contributed by atoms with E-state index in [9.17, 15) is 24.0 Å². The van der Waals surface area contributed by atoms with Gasteiger partial charge in [-0.15, -0.1) is 0 Å². The number of aromatic nitrogens is 3. The number of hydrogen-bond donors (Lipinski definition) is 3. The fraction of sp³-hybridized carbons (Fsp3) is 0.488. The molecule has 3 aliphatic rings. The number of nitrogens with zero attached hydrogens (tertiary/aromatic N) is 5. The molecule has 3 N–H and O–H groups in total. The van der Waals surface area contributed by atoms with E-state index in [4.69, 9.17) is 9.26 Å². The summed E-state index contributed by atoms with van der Waals surface area (Å²) in [4.78, 5) is 83.1. The predicted octanol–water partition coefficient (Wildman–Crippen LogP) is 3.40. The van der Waals surface area contributed by atoms with E-state index >= 15 is 0 Å². The first kappa shape index (κ1) is 40.3. The normalized spacial score (nSPS) is 21.6. The summed E-state index contributed by atoms with van der Waals surface area (Å²) in [5, 5.41) is 13.3. The molecule has 0 radical (unpaired) electrons. The molecule has 3 atom stereocenters. The Kier molecular flexibility index (Phi) is 12.1. The summed E-state index contributed by atoms with van der Waals surface area (Å²) in [6.07, 6.45) is 5.95. The molecule has 1 aliphatic heterocycles. The van der Waals surface area contributed by atoms with Gasteiger partial charge in [0, 0.05) is 38.9 Å². The van der Waals surface area contributed by atoms with Gasteiger partial charge in [-0.05, 0) is 62.0 Å². The highest BCUT2D eigenvalue weighted by molar-refractivity contribution is 6.10. The number of nitrogens with one attached hydrogen (secondary N) is 3. The second kappa shape index (κ2) is 17.3. The van der Waals surface area contributed by atoms with Crippen LogP contribution in [0.15, 0.2) is 65.3 Å². The molecule has 0 unspecified atom stereocenters. The first-order chi connectivity index (χ1) is 27.9. The number of benzene rings is 2. The summed E-state index contributed by atoms with van der Waals surface area (Å²) >= 11 is 0. The van der Waals surface area contributed by atoms with Gasteiger partial charge in [0.2, 0.25) is 29.5 Å². The van der Waals surface area contributed by atoms with Gasteiger partial charge in [-0.3, -0.25) is 29.0 Å². The van der Waals surface area contributed by atoms with E-state index in [1.807, 2.05) is 44.2 Å². The second-order valence-corrected chi connectivity index (χ2v) is 16.3. The third kappa shape index (κ3) is 9.29. The maximum atomic E-state index is 14.5. The topological polar surface area (TPSA) is 189 Å². The molecule has 4 aromatic rings. The quantitative estimate of drug-likeness (QED) is 0.215. The van der Waals surface area contributed by atoms with Gasteiger partial charge in [0.15, 0.2) is 11.6 Å². The van der Waals surface area contributed by atoms with E-state index in [1.54, 1.807) is 31.3 Å². The van der Waals surface area contributed by atoms with Crippen LogP contribution in [0.3, 0.4) is 0 Å². The number of ether oxygens (including phenoxy) is 1. The zero-order chi connectivity index (χ0) is 41.0. The zero-order valence-corrected chi connectivity index (χ0v) is 33.5. The summed E-state index contributed by atoms with van der Waals surface area (Å²) in [7, 11) is 3.14. The van der Waals surface area contributed by atoms with Crippen LogP contribution in [0.5, 0.6) is 5.75 Å². The van der Waals surface area contributed by atoms with Crippen molar-refractivity contribution in [3.05, 3.63) is 83.6 Å². The number of rotatable bonds is 10. The Balaban J connectivity index is 1.22. The molecule has 5 amide bonds. The summed E-state index contributed by atoms with van der Waals surface area (Å²) < 4.78 is 11.8. The number of likely N-dealkylation sites (N-methyl/N-ethyl adjacent to an activating group) is 2. The van der Waals surface area contributed by atoms with E-state index in [2.05, 4.69) is 31.1 Å². The van der Waals surface area contributed by atoms with Crippen molar-refractivity contribution in [2.24, 2.45) is 11.8 Å². The monoisotopic (exact) mass is 792 g/mol. The average molecular weight is 793 g/mol. The molecule has 15 nitrogen and oxygen atoms in total. The molecule has 2 saturated carbocycles. The zero-order valence-electron chi connectivity index (χ0n) is 33.5. The van der Waals surface area contributed by atoms with Crippen molar-refractivity contribution in [3.63, 3.8) is 0 Å². The van der Waals surface area contributed by atoms with Gasteiger partial charge in [0.25, 0.3) is 5.91 Å². The smallest absolute Gasteiger partial charge is 0.256 e. The van der Waals surface area contributed by atoms with Crippen LogP contribution in [0.4, 0.5) is 0 Å². The number of pyridine rings is 1. The summed E-state index contributed by atoms with van der Waals surface area (Å²) in [6, 6.07) is 13.9. The van der Waals surface area contributed by atoms with E-state index < -0.39 is 47.8 Å². The van der Waals surface area contributed by atoms with E-state index in [0.717, 1.165) is 24.8 Å². The number of hydrogen-bond acceptors (Lipinski definition) is 10. The molecule has 306 valence electrons. The maximum absolute atomic E-state index is 14.5. The third-order valence-electron chi connectivity index (χ3n) is 11.3. The highest BCUT2D eigenvalue weighted by Gasteiger charge is 2.56. The molecular weight excluding hydrogens is 741 g/mol. The Morgan fingerprint density at radius 1 is 0.983 bits per heavy atom. The second-order valence-electron chi connectivity index (χ2n) is 16.3. The molecule has 1 spiro atoms. The standard InChI is InChI=1S/C43H52N8O7/c1-26(2)20-33-41(55)51(4)43(17-18-43)42(56)46-29(21-27-10-6-5-7-11-27)25-57-34-24-45-31-13-9-8-12-30(31)38(34)40(54)47-32(23-37(52)50(33)3)39(53)44-19-16-36-48-35(49-58-36)22-28-14-15-28/h5-13,24,26,28-29,32-33H,14-23,25H2,1-4H3,(H,44,53)(H,46,56)(H,47,54)/t29-,32+,33+/m1/s1. The van der Waals surface area contributed by atoms with E-state index in [1.165, 1.54) is 23.0 Å². The molecule has 7 rings (SSSR count). The van der Waals surface area contributed by atoms with Crippen LogP contribution >= 0.6 is 0 Å². The van der Waals surface area contributed by atoms with Gasteiger partial charge in [-0.25, -0.2) is 0 Å². The van der Waals surface area contributed by atoms with Crippen LogP contribution in [-0.4, -0.2) is 105 Å². The van der Waals surface area contributed by atoms with E-state index in [-0.39, 0.29) is 48.6 Å². The molecule has 15 heteroatoms. The Labute approximate surface area is 337 Å². The van der Waals surface area contributed by atoms with Crippen LogP contribution in [-0.2, 0) is 38.4 Å². The van der Waals surface area contributed by atoms with Gasteiger partial charge in [0.1, 0.15) is 24.2 Å². The Bertz CT molecular complexity index is 2150. The van der Waals surface area contributed by atoms with Gasteiger partial charge < -0.3 is 35.0 Å². The largest absolute Gasteiger partial charge is 0.489 e. The van der Waals surface area contributed by atoms with E-state index in [0.29, 0.717) is 54.2 Å². The van der Waals surface area contributed by atoms with Gasteiger partial charge in [-0.1, -0.05) is 67.5 Å². The minimum atomic E-state index is -1.34. The van der Waals surface area contributed by atoms with Crippen LogP contribution < -0.4 is 20.7 Å². The molecule has 2 aromatic heterocycles. The molecular formula is C43H52N8O7. The lowest BCUT2D eigenvalue weighted by molar-refractivity contribution is -0.149. The van der Waals surface area contributed by atoms with Crippen molar-refractivity contribution in [1.82, 2.24) is 40.9 Å². The van der Waals surface area contributed by atoms with Crippen molar-refractivity contribution >= 4 is 40.4 Å². The van der Waals surface area contributed by atoms with Crippen molar-refractivity contribution in [2.75, 3.05) is 27.2 Å². The predicted molar refractivity (Wildman–Crippen MR) is 213 cm³/mol. The molecule has 0 saturated heterocycles. The molecule has 2 fully saturated rings. The summed E-state index contributed by atoms with van der Waals surface area (Å²) in [6.45, 7) is 3.98. The van der Waals surface area contributed by atoms with Crippen LogP contribution in [0.1, 0.15) is 80.0 Å². The van der Waals surface area contributed by atoms with Gasteiger partial charge in [0.05, 0.1) is 29.7 Å². The number of carbonyl (C=O) groups excluding carboxylic acids is 5.